The van der Waals surface area contributed by atoms with Gasteiger partial charge < -0.3 is 16.2 Å². The molecule has 0 aliphatic heterocycles. The Labute approximate surface area is 105 Å². The third-order valence-corrected chi connectivity index (χ3v) is 3.64. The lowest BCUT2D eigenvalue weighted by atomic mass is 9.98. The minimum atomic E-state index is -1.06. The molecule has 2 atom stereocenters. The fourth-order valence-corrected chi connectivity index (χ4v) is 1.88. The molecule has 4 N–H and O–H groups in total. The number of hydrogen-bond acceptors (Lipinski definition) is 5. The van der Waals surface area contributed by atoms with Crippen LogP contribution in [0.4, 0.5) is 5.13 Å². The van der Waals surface area contributed by atoms with Crippen LogP contribution in [-0.2, 0) is 4.79 Å². The van der Waals surface area contributed by atoms with Gasteiger partial charge in [0, 0.05) is 11.9 Å². The molecule has 0 aliphatic rings. The number of hydrogen-bond donors (Lipinski definition) is 3. The zero-order valence-electron chi connectivity index (χ0n) is 10.3. The highest BCUT2D eigenvalue weighted by molar-refractivity contribution is 7.13. The predicted octanol–water partition coefficient (Wildman–Crippen LogP) is 1.93. The Morgan fingerprint density at radius 3 is 2.76 bits per heavy atom. The van der Waals surface area contributed by atoms with E-state index >= 15 is 0 Å². The molecular weight excluding hydrogens is 238 g/mol. The maximum Gasteiger partial charge on any atom is 0.326 e. The van der Waals surface area contributed by atoms with Crippen molar-refractivity contribution < 1.29 is 9.90 Å². The van der Waals surface area contributed by atoms with E-state index in [2.05, 4.69) is 31.1 Å². The molecule has 1 rings (SSSR count). The van der Waals surface area contributed by atoms with E-state index in [-0.39, 0.29) is 0 Å². The maximum atomic E-state index is 10.7. The fraction of sp³-hybridized carbons (Fsp3) is 0.636. The fourth-order valence-electron chi connectivity index (χ4n) is 1.12. The van der Waals surface area contributed by atoms with Crippen LogP contribution in [0.15, 0.2) is 5.38 Å². The zero-order chi connectivity index (χ0) is 13.0. The Morgan fingerprint density at radius 2 is 2.24 bits per heavy atom. The molecule has 0 spiro atoms. The van der Waals surface area contributed by atoms with Crippen LogP contribution in [0.25, 0.3) is 0 Å². The third kappa shape index (κ3) is 3.98. The lowest BCUT2D eigenvalue weighted by molar-refractivity contribution is -0.138. The summed E-state index contributed by atoms with van der Waals surface area (Å²) < 4.78 is 0. The average Bonchev–Trinajstić information content (AvgIpc) is 2.72. The van der Waals surface area contributed by atoms with Gasteiger partial charge in [-0.25, -0.2) is 4.98 Å². The van der Waals surface area contributed by atoms with Crippen molar-refractivity contribution in [3.8, 4) is 0 Å². The second-order valence-corrected chi connectivity index (χ2v) is 5.35. The first-order valence-electron chi connectivity index (χ1n) is 5.59. The molecular formula is C11H19N3O2S. The van der Waals surface area contributed by atoms with E-state index in [4.69, 9.17) is 10.8 Å². The zero-order valence-corrected chi connectivity index (χ0v) is 11.1. The number of nitrogens with two attached hydrogens (primary N) is 1. The van der Waals surface area contributed by atoms with Crippen LogP contribution in [0.2, 0.25) is 0 Å². The molecule has 2 unspecified atom stereocenters. The van der Waals surface area contributed by atoms with Crippen LogP contribution in [0.3, 0.4) is 0 Å². The van der Waals surface area contributed by atoms with E-state index in [0.717, 1.165) is 11.7 Å². The Hall–Kier alpha value is -1.14. The maximum absolute atomic E-state index is 10.7. The molecule has 0 aromatic carbocycles. The quantitative estimate of drug-likeness (QED) is 0.724. The summed E-state index contributed by atoms with van der Waals surface area (Å²) in [6.07, 6.45) is 0. The summed E-state index contributed by atoms with van der Waals surface area (Å²) in [6, 6.07) is -1.04. The van der Waals surface area contributed by atoms with Crippen LogP contribution in [0.1, 0.15) is 32.5 Å². The minimum Gasteiger partial charge on any atom is -0.480 e. The highest BCUT2D eigenvalue weighted by Gasteiger charge is 2.17. The van der Waals surface area contributed by atoms with Gasteiger partial charge in [-0.2, -0.15) is 0 Å². The van der Waals surface area contributed by atoms with E-state index in [1.54, 1.807) is 5.38 Å². The molecule has 1 heterocycles. The largest absolute Gasteiger partial charge is 0.480 e. The second kappa shape index (κ2) is 5.97. The molecule has 0 aliphatic carbocycles. The van der Waals surface area contributed by atoms with Crippen molar-refractivity contribution in [3.05, 3.63) is 11.1 Å². The second-order valence-electron chi connectivity index (χ2n) is 4.50. The van der Waals surface area contributed by atoms with Gasteiger partial charge in [-0.05, 0) is 11.8 Å². The van der Waals surface area contributed by atoms with Crippen molar-refractivity contribution in [3.63, 3.8) is 0 Å². The van der Waals surface area contributed by atoms with Crippen LogP contribution >= 0.6 is 11.3 Å². The van der Waals surface area contributed by atoms with Gasteiger partial charge in [0.2, 0.25) is 0 Å². The summed E-state index contributed by atoms with van der Waals surface area (Å²) in [5, 5.41) is 14.4. The number of aromatic nitrogens is 1. The third-order valence-electron chi connectivity index (χ3n) is 2.82. The molecule has 96 valence electrons. The van der Waals surface area contributed by atoms with Gasteiger partial charge in [0.15, 0.2) is 5.13 Å². The average molecular weight is 257 g/mol. The van der Waals surface area contributed by atoms with E-state index < -0.39 is 12.0 Å². The number of thiazole rings is 1. The Balaban J connectivity index is 2.54. The van der Waals surface area contributed by atoms with E-state index in [9.17, 15) is 4.79 Å². The van der Waals surface area contributed by atoms with Crippen LogP contribution in [-0.4, -0.2) is 22.6 Å². The number of nitrogens with one attached hydrogen (secondary N) is 1. The normalized spacial score (nSPS) is 14.6. The topological polar surface area (TPSA) is 88.2 Å². The molecule has 0 fully saturated rings. The van der Waals surface area contributed by atoms with Gasteiger partial charge in [0.25, 0.3) is 0 Å². The molecule has 0 saturated carbocycles. The SMILES string of the molecule is CC(C)C(C)CNc1nc(C(N)C(=O)O)cs1. The van der Waals surface area contributed by atoms with E-state index in [1.807, 2.05) is 0 Å². The van der Waals surface area contributed by atoms with Crippen molar-refractivity contribution in [2.24, 2.45) is 17.6 Å². The number of rotatable bonds is 6. The van der Waals surface area contributed by atoms with Crippen LogP contribution < -0.4 is 11.1 Å². The standard InChI is InChI=1S/C11H19N3O2S/c1-6(2)7(3)4-13-11-14-8(5-17-11)9(12)10(15)16/h5-7,9H,4,12H2,1-3H3,(H,13,14)(H,15,16). The van der Waals surface area contributed by atoms with Crippen molar-refractivity contribution in [2.75, 3.05) is 11.9 Å². The van der Waals surface area contributed by atoms with Gasteiger partial charge in [0.05, 0.1) is 5.69 Å². The van der Waals surface area contributed by atoms with Crippen molar-refractivity contribution in [2.45, 2.75) is 26.8 Å². The summed E-state index contributed by atoms with van der Waals surface area (Å²) in [4.78, 5) is 14.8. The smallest absolute Gasteiger partial charge is 0.326 e. The van der Waals surface area contributed by atoms with E-state index in [0.29, 0.717) is 17.5 Å². The highest BCUT2D eigenvalue weighted by Crippen LogP contribution is 2.20. The number of carbonyl (C=O) groups is 1. The predicted molar refractivity (Wildman–Crippen MR) is 69.2 cm³/mol. The van der Waals surface area contributed by atoms with Crippen LogP contribution in [0, 0.1) is 11.8 Å². The van der Waals surface area contributed by atoms with Gasteiger partial charge in [0.1, 0.15) is 6.04 Å². The van der Waals surface area contributed by atoms with Crippen molar-refractivity contribution in [1.29, 1.82) is 0 Å². The minimum absolute atomic E-state index is 0.405. The Morgan fingerprint density at radius 1 is 1.59 bits per heavy atom. The number of carboxylic acid groups (broad SMARTS) is 1. The van der Waals surface area contributed by atoms with Gasteiger partial charge in [-0.15, -0.1) is 11.3 Å². The molecule has 0 bridgehead atoms. The summed E-state index contributed by atoms with van der Waals surface area (Å²) in [7, 11) is 0. The highest BCUT2D eigenvalue weighted by atomic mass is 32.1. The number of nitrogens with zero attached hydrogens (tertiary/aromatic N) is 1. The van der Waals surface area contributed by atoms with Gasteiger partial charge in [-0.1, -0.05) is 20.8 Å². The van der Waals surface area contributed by atoms with Gasteiger partial charge >= 0.3 is 5.97 Å². The first kappa shape index (κ1) is 13.9. The van der Waals surface area contributed by atoms with E-state index in [1.165, 1.54) is 11.3 Å². The molecule has 0 saturated heterocycles. The lowest BCUT2D eigenvalue weighted by Crippen LogP contribution is -2.21. The molecule has 6 heteroatoms. The molecule has 17 heavy (non-hydrogen) atoms. The molecule has 0 amide bonds. The van der Waals surface area contributed by atoms with Crippen molar-refractivity contribution >= 4 is 22.4 Å². The Bertz CT molecular complexity index is 379. The summed E-state index contributed by atoms with van der Waals surface area (Å²) in [6.45, 7) is 7.32. The first-order valence-corrected chi connectivity index (χ1v) is 6.47. The number of aliphatic carboxylic acids is 1. The lowest BCUT2D eigenvalue weighted by Gasteiger charge is -2.15. The number of anilines is 1. The molecule has 5 nitrogen and oxygen atoms in total. The monoisotopic (exact) mass is 257 g/mol. The van der Waals surface area contributed by atoms with Crippen LogP contribution in [0.5, 0.6) is 0 Å². The number of carboxylic acids is 1. The molecule has 1 aromatic rings. The summed E-state index contributed by atoms with van der Waals surface area (Å²) in [5.74, 6) is 0.0797. The summed E-state index contributed by atoms with van der Waals surface area (Å²) in [5.41, 5.74) is 5.88. The Kier molecular flexibility index (Phi) is 4.89. The van der Waals surface area contributed by atoms with Crippen molar-refractivity contribution in [1.82, 2.24) is 4.98 Å². The molecule has 1 aromatic heterocycles. The first-order chi connectivity index (χ1) is 7.91. The molecule has 0 radical (unpaired) electrons. The van der Waals surface area contributed by atoms with Gasteiger partial charge in [-0.3, -0.25) is 4.79 Å². The summed E-state index contributed by atoms with van der Waals surface area (Å²) >= 11 is 1.38.